The van der Waals surface area contributed by atoms with Crippen molar-refractivity contribution in [2.75, 3.05) is 5.32 Å². The summed E-state index contributed by atoms with van der Waals surface area (Å²) in [6, 6.07) is 13.7. The number of nitrogens with zero attached hydrogens (tertiary/aromatic N) is 2. The fourth-order valence-electron chi connectivity index (χ4n) is 2.94. The minimum absolute atomic E-state index is 0.136. The number of carbonyl (C=O) groups is 1. The fourth-order valence-corrected chi connectivity index (χ4v) is 3.97. The Kier molecular flexibility index (Phi) is 3.62. The Hall–Kier alpha value is -2.99. The molecule has 124 valence electrons. The summed E-state index contributed by atoms with van der Waals surface area (Å²) in [6.45, 7) is 1.79. The summed E-state index contributed by atoms with van der Waals surface area (Å²) in [5.41, 5.74) is 1.29. The SMILES string of the molecule is Cc1c(C(=O)Nc2cccc3ccccc23)sc2ncn(C)c(=O)c12. The molecule has 6 heteroatoms. The van der Waals surface area contributed by atoms with Crippen LogP contribution in [0.4, 0.5) is 5.69 Å². The average Bonchev–Trinajstić information content (AvgIpc) is 2.96. The molecule has 5 nitrogen and oxygen atoms in total. The highest BCUT2D eigenvalue weighted by Gasteiger charge is 2.19. The van der Waals surface area contributed by atoms with Crippen molar-refractivity contribution in [1.82, 2.24) is 9.55 Å². The fraction of sp³-hybridized carbons (Fsp3) is 0.105. The first kappa shape index (κ1) is 15.5. The predicted molar refractivity (Wildman–Crippen MR) is 101 cm³/mol. The zero-order valence-electron chi connectivity index (χ0n) is 13.7. The van der Waals surface area contributed by atoms with Gasteiger partial charge in [-0.15, -0.1) is 11.3 Å². The van der Waals surface area contributed by atoms with Gasteiger partial charge in [-0.1, -0.05) is 36.4 Å². The smallest absolute Gasteiger partial charge is 0.266 e. The molecule has 0 saturated carbocycles. The topological polar surface area (TPSA) is 64.0 Å². The molecule has 0 radical (unpaired) electrons. The van der Waals surface area contributed by atoms with Gasteiger partial charge in [0.05, 0.1) is 16.6 Å². The number of thiophene rings is 1. The van der Waals surface area contributed by atoms with Gasteiger partial charge in [0.25, 0.3) is 11.5 Å². The highest BCUT2D eigenvalue weighted by atomic mass is 32.1. The number of aryl methyl sites for hydroxylation is 2. The molecule has 0 atom stereocenters. The lowest BCUT2D eigenvalue weighted by Gasteiger charge is -2.08. The second-order valence-electron chi connectivity index (χ2n) is 5.88. The van der Waals surface area contributed by atoms with Gasteiger partial charge in [-0.2, -0.15) is 0 Å². The van der Waals surface area contributed by atoms with Crippen molar-refractivity contribution in [2.24, 2.45) is 7.05 Å². The van der Waals surface area contributed by atoms with Crippen molar-refractivity contribution in [3.63, 3.8) is 0 Å². The van der Waals surface area contributed by atoms with Gasteiger partial charge in [-0.05, 0) is 23.9 Å². The molecule has 1 N–H and O–H groups in total. The van der Waals surface area contributed by atoms with Gasteiger partial charge < -0.3 is 9.88 Å². The molecule has 0 saturated heterocycles. The van der Waals surface area contributed by atoms with E-state index >= 15 is 0 Å². The Morgan fingerprint density at radius 2 is 1.92 bits per heavy atom. The number of anilines is 1. The molecule has 0 aliphatic heterocycles. The van der Waals surface area contributed by atoms with E-state index in [1.54, 1.807) is 14.0 Å². The van der Waals surface area contributed by atoms with Crippen LogP contribution < -0.4 is 10.9 Å². The molecular weight excluding hydrogens is 334 g/mol. The van der Waals surface area contributed by atoms with Crippen LogP contribution in [-0.4, -0.2) is 15.5 Å². The number of nitrogens with one attached hydrogen (secondary N) is 1. The summed E-state index contributed by atoms with van der Waals surface area (Å²) in [7, 11) is 1.65. The quantitative estimate of drug-likeness (QED) is 0.600. The van der Waals surface area contributed by atoms with Crippen molar-refractivity contribution < 1.29 is 4.79 Å². The van der Waals surface area contributed by atoms with Crippen LogP contribution in [0.3, 0.4) is 0 Å². The Balaban J connectivity index is 1.79. The van der Waals surface area contributed by atoms with Crippen molar-refractivity contribution in [3.8, 4) is 0 Å². The summed E-state index contributed by atoms with van der Waals surface area (Å²) in [6.07, 6.45) is 1.48. The van der Waals surface area contributed by atoms with E-state index in [1.165, 1.54) is 22.2 Å². The summed E-state index contributed by atoms with van der Waals surface area (Å²) in [5, 5.41) is 5.52. The number of benzene rings is 2. The van der Waals surface area contributed by atoms with E-state index in [9.17, 15) is 9.59 Å². The number of carbonyl (C=O) groups excluding carboxylic acids is 1. The van der Waals surface area contributed by atoms with E-state index in [4.69, 9.17) is 0 Å². The summed E-state index contributed by atoms with van der Waals surface area (Å²) in [5.74, 6) is -0.223. The van der Waals surface area contributed by atoms with Gasteiger partial charge in [0.2, 0.25) is 0 Å². The van der Waals surface area contributed by atoms with Gasteiger partial charge in [0, 0.05) is 18.1 Å². The summed E-state index contributed by atoms with van der Waals surface area (Å²) >= 11 is 1.24. The number of amides is 1. The first-order valence-corrected chi connectivity index (χ1v) is 8.62. The van der Waals surface area contributed by atoms with Crippen LogP contribution in [0.5, 0.6) is 0 Å². The second kappa shape index (κ2) is 5.82. The van der Waals surface area contributed by atoms with Gasteiger partial charge in [-0.3, -0.25) is 9.59 Å². The number of fused-ring (bicyclic) bond motifs is 2. The summed E-state index contributed by atoms with van der Waals surface area (Å²) in [4.78, 5) is 30.5. The molecule has 0 spiro atoms. The van der Waals surface area contributed by atoms with E-state index in [2.05, 4.69) is 10.3 Å². The molecule has 2 aromatic heterocycles. The Morgan fingerprint density at radius 1 is 1.16 bits per heavy atom. The molecular formula is C19H15N3O2S. The molecule has 0 aliphatic carbocycles. The number of hydrogen-bond donors (Lipinski definition) is 1. The van der Waals surface area contributed by atoms with Gasteiger partial charge in [-0.25, -0.2) is 4.98 Å². The monoisotopic (exact) mass is 349 g/mol. The van der Waals surface area contributed by atoms with Crippen molar-refractivity contribution >= 4 is 43.9 Å². The molecule has 0 unspecified atom stereocenters. The van der Waals surface area contributed by atoms with Crippen LogP contribution in [0, 0.1) is 6.92 Å². The molecule has 2 aromatic carbocycles. The lowest BCUT2D eigenvalue weighted by molar-refractivity contribution is 0.103. The molecule has 0 bridgehead atoms. The van der Waals surface area contributed by atoms with Gasteiger partial charge in [0.15, 0.2) is 0 Å². The third-order valence-corrected chi connectivity index (χ3v) is 5.45. The maximum absolute atomic E-state index is 12.8. The maximum atomic E-state index is 12.8. The van der Waals surface area contributed by atoms with Gasteiger partial charge in [0.1, 0.15) is 4.83 Å². The minimum atomic E-state index is -0.223. The Bertz CT molecular complexity index is 1190. The minimum Gasteiger partial charge on any atom is -0.321 e. The number of rotatable bonds is 2. The molecule has 0 fully saturated rings. The van der Waals surface area contributed by atoms with Gasteiger partial charge >= 0.3 is 0 Å². The maximum Gasteiger partial charge on any atom is 0.266 e. The molecule has 4 rings (SSSR count). The van der Waals surface area contributed by atoms with Crippen LogP contribution >= 0.6 is 11.3 Å². The van der Waals surface area contributed by atoms with Crippen LogP contribution in [-0.2, 0) is 7.05 Å². The molecule has 1 amide bonds. The van der Waals surface area contributed by atoms with E-state index in [0.29, 0.717) is 20.7 Å². The predicted octanol–water partition coefficient (Wildman–Crippen LogP) is 3.71. The largest absolute Gasteiger partial charge is 0.321 e. The van der Waals surface area contributed by atoms with Crippen molar-refractivity contribution in [3.05, 3.63) is 69.6 Å². The summed E-state index contributed by atoms with van der Waals surface area (Å²) < 4.78 is 1.43. The van der Waals surface area contributed by atoms with Crippen molar-refractivity contribution in [1.29, 1.82) is 0 Å². The number of hydrogen-bond acceptors (Lipinski definition) is 4. The highest BCUT2D eigenvalue weighted by molar-refractivity contribution is 7.20. The third kappa shape index (κ3) is 2.51. The van der Waals surface area contributed by atoms with E-state index < -0.39 is 0 Å². The van der Waals surface area contributed by atoms with Crippen LogP contribution in [0.2, 0.25) is 0 Å². The average molecular weight is 349 g/mol. The Labute approximate surface area is 147 Å². The standard InChI is InChI=1S/C19H15N3O2S/c1-11-15-18(20-10-22(2)19(15)24)25-16(11)17(23)21-14-9-5-7-12-6-3-4-8-13(12)14/h3-10H,1-2H3,(H,21,23). The third-order valence-electron chi connectivity index (χ3n) is 4.25. The van der Waals surface area contributed by atoms with E-state index in [0.717, 1.165) is 16.5 Å². The zero-order valence-corrected chi connectivity index (χ0v) is 14.6. The molecule has 4 aromatic rings. The lowest BCUT2D eigenvalue weighted by Crippen LogP contribution is -2.17. The van der Waals surface area contributed by atoms with Crippen LogP contribution in [0.25, 0.3) is 21.0 Å². The highest BCUT2D eigenvalue weighted by Crippen LogP contribution is 2.29. The Morgan fingerprint density at radius 3 is 2.76 bits per heavy atom. The van der Waals surface area contributed by atoms with E-state index in [1.807, 2.05) is 42.5 Å². The second-order valence-corrected chi connectivity index (χ2v) is 6.88. The number of aromatic nitrogens is 2. The van der Waals surface area contributed by atoms with Crippen molar-refractivity contribution in [2.45, 2.75) is 6.92 Å². The normalized spacial score (nSPS) is 11.1. The van der Waals surface area contributed by atoms with Crippen LogP contribution in [0.1, 0.15) is 15.2 Å². The van der Waals surface area contributed by atoms with Crippen LogP contribution in [0.15, 0.2) is 53.6 Å². The molecule has 25 heavy (non-hydrogen) atoms. The first-order chi connectivity index (χ1) is 12.1. The molecule has 0 aliphatic rings. The lowest BCUT2D eigenvalue weighted by atomic mass is 10.1. The van der Waals surface area contributed by atoms with E-state index in [-0.39, 0.29) is 11.5 Å². The molecule has 2 heterocycles. The zero-order chi connectivity index (χ0) is 17.6. The first-order valence-electron chi connectivity index (χ1n) is 7.80.